The molecule has 0 aliphatic rings. The zero-order valence-corrected chi connectivity index (χ0v) is 8.01. The van der Waals surface area contributed by atoms with Crippen LogP contribution in [0.5, 0.6) is 5.75 Å². The molecule has 0 saturated heterocycles. The summed E-state index contributed by atoms with van der Waals surface area (Å²) in [5.74, 6) is -4.20. The van der Waals surface area contributed by atoms with Crippen molar-refractivity contribution in [1.82, 2.24) is 0 Å². The van der Waals surface area contributed by atoms with Crippen LogP contribution in [0.15, 0.2) is 36.4 Å². The molecule has 0 aliphatic heterocycles. The molecule has 1 nitrogen and oxygen atoms in total. The van der Waals surface area contributed by atoms with Crippen LogP contribution in [0.4, 0.5) is 13.2 Å². The van der Waals surface area contributed by atoms with Gasteiger partial charge in [-0.05, 0) is 23.3 Å². The number of halogens is 3. The van der Waals surface area contributed by atoms with E-state index in [-0.39, 0.29) is 11.3 Å². The summed E-state index contributed by atoms with van der Waals surface area (Å²) in [5.41, 5.74) is 0.647. The minimum Gasteiger partial charge on any atom is -0.872 e. The molecule has 0 heterocycles. The number of rotatable bonds is 1. The van der Waals surface area contributed by atoms with Gasteiger partial charge in [0.05, 0.1) is 0 Å². The quantitative estimate of drug-likeness (QED) is 0.682. The molecule has 0 aliphatic carbocycles. The van der Waals surface area contributed by atoms with Crippen LogP contribution in [0, 0.1) is 17.5 Å². The summed E-state index contributed by atoms with van der Waals surface area (Å²) in [7, 11) is 0. The molecule has 2 rings (SSSR count). The first-order valence-electron chi connectivity index (χ1n) is 4.50. The molecule has 4 heteroatoms. The van der Waals surface area contributed by atoms with Crippen LogP contribution < -0.4 is 5.11 Å². The Bertz CT molecular complexity index is 497. The van der Waals surface area contributed by atoms with Gasteiger partial charge in [-0.25, -0.2) is 13.2 Å². The van der Waals surface area contributed by atoms with E-state index in [1.165, 1.54) is 24.3 Å². The Morgan fingerprint density at radius 3 is 1.75 bits per heavy atom. The highest BCUT2D eigenvalue weighted by Crippen LogP contribution is 2.24. The highest BCUT2D eigenvalue weighted by atomic mass is 19.2. The van der Waals surface area contributed by atoms with Crippen molar-refractivity contribution in [3.63, 3.8) is 0 Å². The first-order chi connectivity index (χ1) is 7.58. The van der Waals surface area contributed by atoms with E-state index in [2.05, 4.69) is 0 Å². The number of benzene rings is 2. The van der Waals surface area contributed by atoms with Crippen molar-refractivity contribution < 1.29 is 18.3 Å². The maximum atomic E-state index is 12.9. The van der Waals surface area contributed by atoms with Gasteiger partial charge in [0.25, 0.3) is 0 Å². The molecule has 0 radical (unpaired) electrons. The van der Waals surface area contributed by atoms with Crippen molar-refractivity contribution in [3.8, 4) is 16.9 Å². The Hall–Kier alpha value is -1.97. The van der Waals surface area contributed by atoms with E-state index in [1.807, 2.05) is 0 Å². The maximum absolute atomic E-state index is 12.9. The summed E-state index contributed by atoms with van der Waals surface area (Å²) in [6, 6.07) is 7.17. The lowest BCUT2D eigenvalue weighted by molar-refractivity contribution is -0.268. The minimum absolute atomic E-state index is 0.191. The monoisotopic (exact) mass is 223 g/mol. The summed E-state index contributed by atoms with van der Waals surface area (Å²) in [6.07, 6.45) is 0. The van der Waals surface area contributed by atoms with Gasteiger partial charge in [0.1, 0.15) is 0 Å². The average molecular weight is 223 g/mol. The van der Waals surface area contributed by atoms with Crippen LogP contribution in [-0.4, -0.2) is 0 Å². The fraction of sp³-hybridized carbons (Fsp3) is 0. The van der Waals surface area contributed by atoms with Gasteiger partial charge in [0.15, 0.2) is 17.5 Å². The molecule has 0 saturated carbocycles. The first kappa shape index (κ1) is 10.5. The molecule has 0 fully saturated rings. The lowest BCUT2D eigenvalue weighted by Gasteiger charge is -2.07. The Morgan fingerprint density at radius 1 is 0.750 bits per heavy atom. The van der Waals surface area contributed by atoms with Gasteiger partial charge >= 0.3 is 0 Å². The molecule has 16 heavy (non-hydrogen) atoms. The van der Waals surface area contributed by atoms with Crippen LogP contribution in [-0.2, 0) is 0 Å². The van der Waals surface area contributed by atoms with E-state index in [4.69, 9.17) is 0 Å². The highest BCUT2D eigenvalue weighted by molar-refractivity contribution is 5.64. The predicted octanol–water partition coefficient (Wildman–Crippen LogP) is 2.84. The summed E-state index contributed by atoms with van der Waals surface area (Å²) in [4.78, 5) is 0. The van der Waals surface area contributed by atoms with Crippen LogP contribution in [0.2, 0.25) is 0 Å². The van der Waals surface area contributed by atoms with Gasteiger partial charge < -0.3 is 5.11 Å². The third-order valence-corrected chi connectivity index (χ3v) is 2.17. The van der Waals surface area contributed by atoms with E-state index in [0.29, 0.717) is 5.56 Å². The zero-order chi connectivity index (χ0) is 11.7. The van der Waals surface area contributed by atoms with Crippen LogP contribution >= 0.6 is 0 Å². The lowest BCUT2D eigenvalue weighted by atomic mass is 10.1. The molecule has 0 spiro atoms. The van der Waals surface area contributed by atoms with Gasteiger partial charge in [-0.3, -0.25) is 0 Å². The Labute approximate surface area is 89.8 Å². The van der Waals surface area contributed by atoms with Crippen molar-refractivity contribution in [3.05, 3.63) is 53.8 Å². The molecule has 82 valence electrons. The lowest BCUT2D eigenvalue weighted by Crippen LogP contribution is -1.92. The van der Waals surface area contributed by atoms with Crippen molar-refractivity contribution in [2.75, 3.05) is 0 Å². The molecule has 2 aromatic rings. The Balaban J connectivity index is 2.52. The summed E-state index contributed by atoms with van der Waals surface area (Å²) in [5, 5.41) is 10.8. The standard InChI is InChI=1S/C12H7F3O/c13-10-5-8(6-11(14)12(10)15)7-1-3-9(16)4-2-7/h1-6,16H/p-1. The first-order valence-corrected chi connectivity index (χ1v) is 4.50. The molecule has 0 atom stereocenters. The second kappa shape index (κ2) is 3.89. The normalized spacial score (nSPS) is 10.4. The smallest absolute Gasteiger partial charge is 0.194 e. The van der Waals surface area contributed by atoms with Crippen LogP contribution in [0.3, 0.4) is 0 Å². The molecule has 0 bridgehead atoms. The van der Waals surface area contributed by atoms with Crippen LogP contribution in [0.25, 0.3) is 11.1 Å². The second-order valence-corrected chi connectivity index (χ2v) is 3.28. The molecule has 0 aromatic heterocycles. The molecule has 0 N–H and O–H groups in total. The van der Waals surface area contributed by atoms with E-state index < -0.39 is 17.5 Å². The van der Waals surface area contributed by atoms with Crippen LogP contribution in [0.1, 0.15) is 0 Å². The number of hydrogen-bond acceptors (Lipinski definition) is 1. The fourth-order valence-corrected chi connectivity index (χ4v) is 1.37. The van der Waals surface area contributed by atoms with Gasteiger partial charge in [0, 0.05) is 0 Å². The van der Waals surface area contributed by atoms with Crippen molar-refractivity contribution in [2.45, 2.75) is 0 Å². The topological polar surface area (TPSA) is 23.1 Å². The van der Waals surface area contributed by atoms with Gasteiger partial charge in [-0.15, -0.1) is 5.75 Å². The predicted molar refractivity (Wildman–Crippen MR) is 51.2 cm³/mol. The molecule has 2 aromatic carbocycles. The Morgan fingerprint density at radius 2 is 1.25 bits per heavy atom. The fourth-order valence-electron chi connectivity index (χ4n) is 1.37. The van der Waals surface area contributed by atoms with E-state index >= 15 is 0 Å². The number of hydrogen-bond donors (Lipinski definition) is 0. The van der Waals surface area contributed by atoms with E-state index in [1.54, 1.807) is 0 Å². The Kier molecular flexibility index (Phi) is 2.56. The highest BCUT2D eigenvalue weighted by Gasteiger charge is 2.10. The van der Waals surface area contributed by atoms with Crippen molar-refractivity contribution in [2.24, 2.45) is 0 Å². The van der Waals surface area contributed by atoms with E-state index in [0.717, 1.165) is 12.1 Å². The maximum Gasteiger partial charge on any atom is 0.194 e. The molecule has 0 unspecified atom stereocenters. The minimum atomic E-state index is -1.50. The molecular formula is C12H6F3O-. The van der Waals surface area contributed by atoms with Gasteiger partial charge in [-0.2, -0.15) is 0 Å². The third-order valence-electron chi connectivity index (χ3n) is 2.17. The SMILES string of the molecule is [O-]c1ccc(-c2cc(F)c(F)c(F)c2)cc1. The second-order valence-electron chi connectivity index (χ2n) is 3.28. The summed E-state index contributed by atoms with van der Waals surface area (Å²) < 4.78 is 38.5. The summed E-state index contributed by atoms with van der Waals surface area (Å²) in [6.45, 7) is 0. The van der Waals surface area contributed by atoms with E-state index in [9.17, 15) is 18.3 Å². The van der Waals surface area contributed by atoms with Gasteiger partial charge in [0.2, 0.25) is 0 Å². The largest absolute Gasteiger partial charge is 0.872 e. The molecular weight excluding hydrogens is 217 g/mol. The third kappa shape index (κ3) is 1.86. The summed E-state index contributed by atoms with van der Waals surface area (Å²) >= 11 is 0. The van der Waals surface area contributed by atoms with Gasteiger partial charge in [-0.1, -0.05) is 24.3 Å². The molecule has 0 amide bonds. The van der Waals surface area contributed by atoms with Crippen molar-refractivity contribution in [1.29, 1.82) is 0 Å². The zero-order valence-electron chi connectivity index (χ0n) is 8.01. The average Bonchev–Trinajstić information content (AvgIpc) is 2.26. The van der Waals surface area contributed by atoms with Crippen molar-refractivity contribution >= 4 is 0 Å².